The van der Waals surface area contributed by atoms with Gasteiger partial charge in [0.1, 0.15) is 11.5 Å². The second-order valence-corrected chi connectivity index (χ2v) is 7.88. The third-order valence-electron chi connectivity index (χ3n) is 5.63. The van der Waals surface area contributed by atoms with E-state index in [2.05, 4.69) is 4.98 Å². The summed E-state index contributed by atoms with van der Waals surface area (Å²) in [7, 11) is 3.05. The number of rotatable bonds is 7. The van der Waals surface area contributed by atoms with Crippen molar-refractivity contribution in [1.29, 1.82) is 0 Å². The first kappa shape index (κ1) is 21.9. The number of ketones is 1. The number of carbonyl (C=O) groups excluding carboxylic acids is 2. The highest BCUT2D eigenvalue weighted by molar-refractivity contribution is 6.46. The van der Waals surface area contributed by atoms with E-state index in [1.54, 1.807) is 31.5 Å². The molecule has 32 heavy (non-hydrogen) atoms. The van der Waals surface area contributed by atoms with Gasteiger partial charge in [-0.25, -0.2) is 0 Å². The number of fused-ring (bicyclic) bond motifs is 1. The fourth-order valence-corrected chi connectivity index (χ4v) is 4.29. The fraction of sp³-hybridized carbons (Fsp3) is 0.250. The number of aromatic amines is 1. The molecule has 0 spiro atoms. The van der Waals surface area contributed by atoms with Crippen LogP contribution in [-0.2, 0) is 14.3 Å². The van der Waals surface area contributed by atoms with Gasteiger partial charge in [0.2, 0.25) is 0 Å². The zero-order valence-electron chi connectivity index (χ0n) is 17.7. The molecule has 2 heterocycles. The van der Waals surface area contributed by atoms with E-state index in [0.29, 0.717) is 35.9 Å². The Morgan fingerprint density at radius 2 is 1.97 bits per heavy atom. The highest BCUT2D eigenvalue weighted by Crippen LogP contribution is 2.42. The van der Waals surface area contributed by atoms with Crippen LogP contribution in [0.15, 0.2) is 54.2 Å². The van der Waals surface area contributed by atoms with E-state index in [9.17, 15) is 14.7 Å². The summed E-state index contributed by atoms with van der Waals surface area (Å²) < 4.78 is 10.4. The molecule has 1 aliphatic heterocycles. The highest BCUT2D eigenvalue weighted by Gasteiger charge is 2.46. The lowest BCUT2D eigenvalue weighted by Crippen LogP contribution is -2.31. The van der Waals surface area contributed by atoms with Gasteiger partial charge in [-0.1, -0.05) is 29.8 Å². The maximum Gasteiger partial charge on any atom is 0.295 e. The third-order valence-corrected chi connectivity index (χ3v) is 5.94. The summed E-state index contributed by atoms with van der Waals surface area (Å²) in [5.74, 6) is -1.31. The second-order valence-electron chi connectivity index (χ2n) is 7.48. The van der Waals surface area contributed by atoms with Crippen molar-refractivity contribution < 1.29 is 24.2 Å². The number of aliphatic hydroxyl groups is 1. The largest absolute Gasteiger partial charge is 0.507 e. The molecule has 0 radical (unpaired) electrons. The van der Waals surface area contributed by atoms with Gasteiger partial charge in [0.05, 0.1) is 23.7 Å². The monoisotopic (exact) mass is 454 g/mol. The van der Waals surface area contributed by atoms with E-state index in [-0.39, 0.29) is 11.3 Å². The van der Waals surface area contributed by atoms with Crippen LogP contribution in [0.25, 0.3) is 16.7 Å². The van der Waals surface area contributed by atoms with Gasteiger partial charge in [0.15, 0.2) is 0 Å². The number of hydrogen-bond donors (Lipinski definition) is 2. The molecule has 3 aromatic rings. The summed E-state index contributed by atoms with van der Waals surface area (Å²) in [5.41, 5.74) is 1.98. The molecule has 1 atom stereocenters. The quantitative estimate of drug-likeness (QED) is 0.240. The molecule has 7 nitrogen and oxygen atoms in total. The number of methoxy groups -OCH3 is 2. The number of carbonyl (C=O) groups is 2. The Morgan fingerprint density at radius 1 is 1.19 bits per heavy atom. The van der Waals surface area contributed by atoms with Crippen molar-refractivity contribution >= 4 is 40.0 Å². The van der Waals surface area contributed by atoms with Crippen LogP contribution in [0, 0.1) is 0 Å². The first-order valence-corrected chi connectivity index (χ1v) is 10.5. The number of aliphatic hydroxyl groups excluding tert-OH is 1. The Kier molecular flexibility index (Phi) is 6.21. The molecule has 0 aliphatic carbocycles. The summed E-state index contributed by atoms with van der Waals surface area (Å²) >= 11 is 6.11. The number of amides is 1. The van der Waals surface area contributed by atoms with Crippen molar-refractivity contribution in [3.63, 3.8) is 0 Å². The maximum absolute atomic E-state index is 13.1. The molecule has 1 unspecified atom stereocenters. The Balaban J connectivity index is 1.89. The van der Waals surface area contributed by atoms with Gasteiger partial charge >= 0.3 is 0 Å². The number of ether oxygens (including phenoxy) is 2. The van der Waals surface area contributed by atoms with Gasteiger partial charge in [-0.05, 0) is 30.7 Å². The van der Waals surface area contributed by atoms with E-state index in [4.69, 9.17) is 21.1 Å². The van der Waals surface area contributed by atoms with Gasteiger partial charge < -0.3 is 24.5 Å². The molecular formula is C24H23ClN2O5. The molecule has 1 aromatic heterocycles. The number of H-pyrrole nitrogens is 1. The van der Waals surface area contributed by atoms with Crippen LogP contribution in [0.4, 0.5) is 0 Å². The van der Waals surface area contributed by atoms with Crippen LogP contribution in [-0.4, -0.2) is 54.1 Å². The van der Waals surface area contributed by atoms with Gasteiger partial charge in [0, 0.05) is 48.5 Å². The Hall–Kier alpha value is -3.29. The molecule has 4 rings (SSSR count). The van der Waals surface area contributed by atoms with Crippen molar-refractivity contribution in [2.75, 3.05) is 27.4 Å². The number of hydrogen-bond acceptors (Lipinski definition) is 5. The van der Waals surface area contributed by atoms with E-state index in [0.717, 1.165) is 16.5 Å². The van der Waals surface area contributed by atoms with E-state index in [1.807, 2.05) is 24.3 Å². The first-order valence-electron chi connectivity index (χ1n) is 10.1. The molecule has 0 bridgehead atoms. The SMILES string of the molecule is COCCCN1C(=O)C(=O)/C(=C(/O)c2ccc(Cl)c(OC)c2)C1c1c[nH]c2ccccc12. The molecule has 1 saturated heterocycles. The predicted octanol–water partition coefficient (Wildman–Crippen LogP) is 4.29. The molecule has 1 aliphatic rings. The number of Topliss-reactive ketones (excluding diaryl/α,β-unsaturated/α-hetero) is 1. The Morgan fingerprint density at radius 3 is 2.72 bits per heavy atom. The normalized spacial score (nSPS) is 18.0. The zero-order valence-corrected chi connectivity index (χ0v) is 18.5. The number of nitrogens with zero attached hydrogens (tertiary/aromatic N) is 1. The summed E-state index contributed by atoms with van der Waals surface area (Å²) in [5, 5.41) is 12.4. The van der Waals surface area contributed by atoms with Crippen molar-refractivity contribution in [2.45, 2.75) is 12.5 Å². The molecular weight excluding hydrogens is 432 g/mol. The molecule has 0 saturated carbocycles. The maximum atomic E-state index is 13.1. The van der Waals surface area contributed by atoms with Crippen LogP contribution in [0.3, 0.4) is 0 Å². The van der Waals surface area contributed by atoms with Crippen LogP contribution >= 0.6 is 11.6 Å². The summed E-state index contributed by atoms with van der Waals surface area (Å²) in [6, 6.07) is 11.6. The molecule has 166 valence electrons. The minimum atomic E-state index is -0.746. The minimum absolute atomic E-state index is 0.0292. The van der Waals surface area contributed by atoms with E-state index in [1.165, 1.54) is 12.0 Å². The standard InChI is InChI=1S/C24H23ClN2O5/c1-31-11-5-10-27-21(16-13-26-18-7-4-3-6-15(16)18)20(23(29)24(27)30)22(28)14-8-9-17(25)19(12-14)32-2/h3-4,6-9,12-13,21,26,28H,5,10-11H2,1-2H3/b22-20+. The van der Waals surface area contributed by atoms with Gasteiger partial charge in [-0.3, -0.25) is 9.59 Å². The zero-order chi connectivity index (χ0) is 22.8. The van der Waals surface area contributed by atoms with Gasteiger partial charge in [0.25, 0.3) is 11.7 Å². The number of para-hydroxylation sites is 1. The van der Waals surface area contributed by atoms with Crippen molar-refractivity contribution in [3.05, 3.63) is 70.4 Å². The molecule has 8 heteroatoms. The lowest BCUT2D eigenvalue weighted by Gasteiger charge is -2.24. The van der Waals surface area contributed by atoms with E-state index >= 15 is 0 Å². The number of likely N-dealkylation sites (tertiary alicyclic amines) is 1. The summed E-state index contributed by atoms with van der Waals surface area (Å²) in [6.07, 6.45) is 2.33. The molecule has 1 fully saturated rings. The van der Waals surface area contributed by atoms with Crippen LogP contribution < -0.4 is 4.74 Å². The minimum Gasteiger partial charge on any atom is -0.507 e. The smallest absolute Gasteiger partial charge is 0.295 e. The highest BCUT2D eigenvalue weighted by atomic mass is 35.5. The van der Waals surface area contributed by atoms with Crippen LogP contribution in [0.1, 0.15) is 23.6 Å². The van der Waals surface area contributed by atoms with E-state index < -0.39 is 17.7 Å². The lowest BCUT2D eigenvalue weighted by atomic mass is 9.95. The second kappa shape index (κ2) is 9.06. The van der Waals surface area contributed by atoms with Crippen molar-refractivity contribution in [3.8, 4) is 5.75 Å². The number of benzene rings is 2. The molecule has 1 amide bonds. The number of halogens is 1. The first-order chi connectivity index (χ1) is 15.5. The van der Waals surface area contributed by atoms with Crippen LogP contribution in [0.5, 0.6) is 5.75 Å². The van der Waals surface area contributed by atoms with Crippen molar-refractivity contribution in [2.24, 2.45) is 0 Å². The van der Waals surface area contributed by atoms with Gasteiger partial charge in [-0.15, -0.1) is 0 Å². The Labute approximate surface area is 190 Å². The fourth-order valence-electron chi connectivity index (χ4n) is 4.10. The predicted molar refractivity (Wildman–Crippen MR) is 122 cm³/mol. The lowest BCUT2D eigenvalue weighted by molar-refractivity contribution is -0.140. The third kappa shape index (κ3) is 3.74. The topological polar surface area (TPSA) is 91.9 Å². The summed E-state index contributed by atoms with van der Waals surface area (Å²) in [6.45, 7) is 0.751. The Bertz CT molecular complexity index is 1220. The average molecular weight is 455 g/mol. The van der Waals surface area contributed by atoms with Crippen LogP contribution in [0.2, 0.25) is 5.02 Å². The molecule has 2 aromatic carbocycles. The number of nitrogens with one attached hydrogen (secondary N) is 1. The average Bonchev–Trinajstić information content (AvgIpc) is 3.33. The van der Waals surface area contributed by atoms with Gasteiger partial charge in [-0.2, -0.15) is 0 Å². The molecule has 2 N–H and O–H groups in total. The summed E-state index contributed by atoms with van der Waals surface area (Å²) in [4.78, 5) is 30.8. The number of aromatic nitrogens is 1. The van der Waals surface area contributed by atoms with Crippen molar-refractivity contribution in [1.82, 2.24) is 9.88 Å².